The summed E-state index contributed by atoms with van der Waals surface area (Å²) in [6.45, 7) is 7.41. The molecule has 2 aromatic heterocycles. The van der Waals surface area contributed by atoms with Crippen LogP contribution in [0.15, 0.2) is 29.6 Å². The zero-order valence-corrected chi connectivity index (χ0v) is 14.1. The number of halogens is 2. The molecule has 1 unspecified atom stereocenters. The van der Waals surface area contributed by atoms with Crippen molar-refractivity contribution in [1.82, 2.24) is 10.3 Å². The van der Waals surface area contributed by atoms with Gasteiger partial charge in [0.15, 0.2) is 0 Å². The summed E-state index contributed by atoms with van der Waals surface area (Å²) < 4.78 is 0. The van der Waals surface area contributed by atoms with E-state index < -0.39 is 0 Å². The van der Waals surface area contributed by atoms with Crippen LogP contribution in [-0.2, 0) is 6.54 Å². The van der Waals surface area contributed by atoms with Gasteiger partial charge in [0.05, 0.1) is 0 Å². The molecule has 0 amide bonds. The van der Waals surface area contributed by atoms with Gasteiger partial charge in [-0.2, -0.15) is 0 Å². The zero-order chi connectivity index (χ0) is 14.8. The van der Waals surface area contributed by atoms with Gasteiger partial charge in [0.1, 0.15) is 10.3 Å². The second-order valence-corrected chi connectivity index (χ2v) is 7.57. The predicted octanol–water partition coefficient (Wildman–Crippen LogP) is 5.33. The Morgan fingerprint density at radius 3 is 2.40 bits per heavy atom. The SMILES string of the molecule is CC(C)(C)C(NCc1cc(Cl)nc(Cl)c1)c1cccs1. The van der Waals surface area contributed by atoms with Gasteiger partial charge in [-0.15, -0.1) is 11.3 Å². The van der Waals surface area contributed by atoms with E-state index in [0.717, 1.165) is 5.56 Å². The Hall–Kier alpha value is -0.610. The Labute approximate surface area is 134 Å². The molecule has 0 fully saturated rings. The number of nitrogens with zero attached hydrogens (tertiary/aromatic N) is 1. The predicted molar refractivity (Wildman–Crippen MR) is 87.6 cm³/mol. The van der Waals surface area contributed by atoms with Crippen molar-refractivity contribution in [3.63, 3.8) is 0 Å². The third kappa shape index (κ3) is 4.19. The quantitative estimate of drug-likeness (QED) is 0.767. The Morgan fingerprint density at radius 2 is 1.90 bits per heavy atom. The molecule has 2 aromatic rings. The molecule has 0 aromatic carbocycles. The van der Waals surface area contributed by atoms with E-state index in [-0.39, 0.29) is 11.5 Å². The van der Waals surface area contributed by atoms with E-state index in [9.17, 15) is 0 Å². The molecule has 2 rings (SSSR count). The fraction of sp³-hybridized carbons (Fsp3) is 0.400. The van der Waals surface area contributed by atoms with Crippen LogP contribution in [0.25, 0.3) is 0 Å². The van der Waals surface area contributed by atoms with Crippen molar-refractivity contribution in [2.75, 3.05) is 0 Å². The van der Waals surface area contributed by atoms with Gasteiger partial charge in [-0.3, -0.25) is 0 Å². The van der Waals surface area contributed by atoms with E-state index in [1.54, 1.807) is 11.3 Å². The fourth-order valence-electron chi connectivity index (χ4n) is 2.13. The van der Waals surface area contributed by atoms with Crippen molar-refractivity contribution < 1.29 is 0 Å². The number of hydrogen-bond acceptors (Lipinski definition) is 3. The molecule has 0 bridgehead atoms. The highest BCUT2D eigenvalue weighted by Gasteiger charge is 2.26. The molecule has 1 atom stereocenters. The summed E-state index contributed by atoms with van der Waals surface area (Å²) in [6, 6.07) is 8.22. The minimum atomic E-state index is 0.130. The summed E-state index contributed by atoms with van der Waals surface area (Å²) in [5.74, 6) is 0. The Balaban J connectivity index is 2.13. The van der Waals surface area contributed by atoms with Gasteiger partial charge in [0, 0.05) is 17.5 Å². The molecule has 1 N–H and O–H groups in total. The first-order valence-corrected chi connectivity index (χ1v) is 8.08. The molecule has 2 heterocycles. The molecule has 0 saturated heterocycles. The number of aromatic nitrogens is 1. The van der Waals surface area contributed by atoms with E-state index in [2.05, 4.69) is 48.6 Å². The average Bonchev–Trinajstić information content (AvgIpc) is 2.79. The van der Waals surface area contributed by atoms with Crippen LogP contribution in [0.4, 0.5) is 0 Å². The van der Waals surface area contributed by atoms with Gasteiger partial charge < -0.3 is 5.32 Å². The van der Waals surface area contributed by atoms with Gasteiger partial charge in [-0.05, 0) is 34.6 Å². The summed E-state index contributed by atoms with van der Waals surface area (Å²) in [5, 5.41) is 6.56. The Kier molecular flexibility index (Phi) is 5.08. The third-order valence-electron chi connectivity index (χ3n) is 3.03. The van der Waals surface area contributed by atoms with E-state index in [1.807, 2.05) is 12.1 Å². The van der Waals surface area contributed by atoms with Gasteiger partial charge in [0.2, 0.25) is 0 Å². The second kappa shape index (κ2) is 6.44. The number of hydrogen-bond donors (Lipinski definition) is 1. The molecule has 0 aliphatic rings. The monoisotopic (exact) mass is 328 g/mol. The molecule has 20 heavy (non-hydrogen) atoms. The lowest BCUT2D eigenvalue weighted by Crippen LogP contribution is -2.31. The van der Waals surface area contributed by atoms with Crippen LogP contribution in [0.1, 0.15) is 37.3 Å². The highest BCUT2D eigenvalue weighted by Crippen LogP contribution is 2.35. The molecule has 0 aliphatic heterocycles. The van der Waals surface area contributed by atoms with Crippen LogP contribution in [0.2, 0.25) is 10.3 Å². The third-order valence-corrected chi connectivity index (χ3v) is 4.35. The van der Waals surface area contributed by atoms with Crippen LogP contribution in [0.3, 0.4) is 0 Å². The van der Waals surface area contributed by atoms with Crippen molar-refractivity contribution in [2.24, 2.45) is 5.41 Å². The topological polar surface area (TPSA) is 24.9 Å². The van der Waals surface area contributed by atoms with Crippen molar-refractivity contribution >= 4 is 34.5 Å². The van der Waals surface area contributed by atoms with Crippen LogP contribution in [-0.4, -0.2) is 4.98 Å². The first-order valence-electron chi connectivity index (χ1n) is 6.45. The minimum Gasteiger partial charge on any atom is -0.305 e. The minimum absolute atomic E-state index is 0.130. The number of thiophene rings is 1. The Morgan fingerprint density at radius 1 is 1.25 bits per heavy atom. The van der Waals surface area contributed by atoms with Gasteiger partial charge in [0.25, 0.3) is 0 Å². The highest BCUT2D eigenvalue weighted by molar-refractivity contribution is 7.10. The van der Waals surface area contributed by atoms with E-state index in [0.29, 0.717) is 16.9 Å². The first kappa shape index (κ1) is 15.8. The molecule has 2 nitrogen and oxygen atoms in total. The van der Waals surface area contributed by atoms with Crippen LogP contribution in [0.5, 0.6) is 0 Å². The number of rotatable bonds is 4. The van der Waals surface area contributed by atoms with Gasteiger partial charge in [-0.25, -0.2) is 4.98 Å². The molecular formula is C15H18Cl2N2S. The highest BCUT2D eigenvalue weighted by atomic mass is 35.5. The van der Waals surface area contributed by atoms with Crippen LogP contribution < -0.4 is 5.32 Å². The Bertz CT molecular complexity index is 541. The molecule has 0 saturated carbocycles. The summed E-state index contributed by atoms with van der Waals surface area (Å²) in [6.07, 6.45) is 0. The van der Waals surface area contributed by atoms with Gasteiger partial charge in [-0.1, -0.05) is 50.0 Å². The van der Waals surface area contributed by atoms with Gasteiger partial charge >= 0.3 is 0 Å². The zero-order valence-electron chi connectivity index (χ0n) is 11.8. The summed E-state index contributed by atoms with van der Waals surface area (Å²) in [4.78, 5) is 5.30. The lowest BCUT2D eigenvalue weighted by Gasteiger charge is -2.31. The maximum Gasteiger partial charge on any atom is 0.131 e. The summed E-state index contributed by atoms with van der Waals surface area (Å²) >= 11 is 13.6. The standard InChI is InChI=1S/C15H18Cl2N2S/c1-15(2,3)14(11-5-4-6-20-11)18-9-10-7-12(16)19-13(17)8-10/h4-8,14,18H,9H2,1-3H3. The molecule has 0 radical (unpaired) electrons. The van der Waals surface area contributed by atoms with Crippen LogP contribution in [0, 0.1) is 5.41 Å². The fourth-order valence-corrected chi connectivity index (χ4v) is 3.68. The van der Waals surface area contributed by atoms with Crippen molar-refractivity contribution in [1.29, 1.82) is 0 Å². The van der Waals surface area contributed by atoms with E-state index in [1.165, 1.54) is 4.88 Å². The van der Waals surface area contributed by atoms with Crippen LogP contribution >= 0.6 is 34.5 Å². The maximum atomic E-state index is 5.93. The average molecular weight is 329 g/mol. The lowest BCUT2D eigenvalue weighted by atomic mass is 9.85. The van der Waals surface area contributed by atoms with E-state index in [4.69, 9.17) is 23.2 Å². The molecule has 5 heteroatoms. The van der Waals surface area contributed by atoms with Crippen molar-refractivity contribution in [3.8, 4) is 0 Å². The van der Waals surface area contributed by atoms with Crippen molar-refractivity contribution in [2.45, 2.75) is 33.4 Å². The maximum absolute atomic E-state index is 5.93. The first-order chi connectivity index (χ1) is 9.36. The van der Waals surface area contributed by atoms with E-state index >= 15 is 0 Å². The molecule has 0 spiro atoms. The number of nitrogens with one attached hydrogen (secondary N) is 1. The lowest BCUT2D eigenvalue weighted by molar-refractivity contribution is 0.275. The molecule has 0 aliphatic carbocycles. The number of pyridine rings is 1. The van der Waals surface area contributed by atoms with Crippen molar-refractivity contribution in [3.05, 3.63) is 50.4 Å². The second-order valence-electron chi connectivity index (χ2n) is 5.82. The molecular weight excluding hydrogens is 311 g/mol. The normalized spacial score (nSPS) is 13.4. The summed E-state index contributed by atoms with van der Waals surface area (Å²) in [5.41, 5.74) is 1.17. The summed E-state index contributed by atoms with van der Waals surface area (Å²) in [7, 11) is 0. The molecule has 108 valence electrons. The smallest absolute Gasteiger partial charge is 0.131 e. The largest absolute Gasteiger partial charge is 0.305 e.